The molecule has 0 unspecified atom stereocenters. The Labute approximate surface area is 127 Å². The average Bonchev–Trinajstić information content (AvgIpc) is 2.46. The van der Waals surface area contributed by atoms with Crippen molar-refractivity contribution < 1.29 is 4.74 Å². The van der Waals surface area contributed by atoms with E-state index in [-0.39, 0.29) is 0 Å². The predicted molar refractivity (Wildman–Crippen MR) is 81.7 cm³/mol. The van der Waals surface area contributed by atoms with Gasteiger partial charge >= 0.3 is 0 Å². The first-order valence-electron chi connectivity index (χ1n) is 6.15. The first-order chi connectivity index (χ1) is 10.0. The third kappa shape index (κ3) is 2.54. The highest BCUT2D eigenvalue weighted by atomic mass is 32.2. The van der Waals surface area contributed by atoms with Crippen LogP contribution in [0.4, 0.5) is 0 Å². The first kappa shape index (κ1) is 14.8. The van der Waals surface area contributed by atoms with Crippen molar-refractivity contribution >= 4 is 11.8 Å². The molecule has 0 bridgehead atoms. The highest BCUT2D eigenvalue weighted by molar-refractivity contribution is 8.06. The monoisotopic (exact) mass is 298 g/mol. The molecule has 5 nitrogen and oxygen atoms in total. The maximum absolute atomic E-state index is 9.41. The van der Waals surface area contributed by atoms with Gasteiger partial charge in [0, 0.05) is 5.56 Å². The molecule has 6 heteroatoms. The molecular weight excluding hydrogens is 284 g/mol. The van der Waals surface area contributed by atoms with Gasteiger partial charge < -0.3 is 16.2 Å². The predicted octanol–water partition coefficient (Wildman–Crippen LogP) is 2.22. The second-order valence-corrected chi connectivity index (χ2v) is 5.64. The Morgan fingerprint density at radius 1 is 1.14 bits per heavy atom. The number of thioether (sulfide) groups is 1. The summed E-state index contributed by atoms with van der Waals surface area (Å²) in [4.78, 5) is 0. The fraction of sp³-hybridized carbons (Fsp3) is 0.200. The van der Waals surface area contributed by atoms with E-state index < -0.39 is 5.92 Å². The second kappa shape index (κ2) is 5.82. The van der Waals surface area contributed by atoms with Gasteiger partial charge in [0.2, 0.25) is 0 Å². The van der Waals surface area contributed by atoms with Crippen LogP contribution in [0.1, 0.15) is 17.0 Å². The van der Waals surface area contributed by atoms with Crippen molar-refractivity contribution in [2.45, 2.75) is 12.8 Å². The number of nitriles is 2. The summed E-state index contributed by atoms with van der Waals surface area (Å²) >= 11 is 1.05. The van der Waals surface area contributed by atoms with Gasteiger partial charge in [-0.25, -0.2) is 0 Å². The Kier molecular flexibility index (Phi) is 4.11. The number of methoxy groups -OCH3 is 1. The van der Waals surface area contributed by atoms with Gasteiger partial charge in [-0.15, -0.1) is 0 Å². The number of rotatable bonds is 2. The summed E-state index contributed by atoms with van der Waals surface area (Å²) in [6, 6.07) is 9.78. The molecule has 0 saturated heterocycles. The van der Waals surface area contributed by atoms with Crippen LogP contribution >= 0.6 is 11.8 Å². The summed E-state index contributed by atoms with van der Waals surface area (Å²) in [5, 5.41) is 19.5. The standard InChI is InChI=1S/C15H14N4OS/c1-8-3-4-12(20-2)9(5-8)13-10(6-16)14(18)21-15(19)11(13)7-17/h3-5,13H,18-19H2,1-2H3. The number of aryl methyl sites for hydroxylation is 1. The highest BCUT2D eigenvalue weighted by Gasteiger charge is 2.33. The molecule has 106 valence electrons. The number of hydrogen-bond donors (Lipinski definition) is 2. The molecule has 21 heavy (non-hydrogen) atoms. The van der Waals surface area contributed by atoms with Gasteiger partial charge in [0.25, 0.3) is 0 Å². The topological polar surface area (TPSA) is 109 Å². The van der Waals surface area contributed by atoms with Crippen LogP contribution in [-0.4, -0.2) is 7.11 Å². The van der Waals surface area contributed by atoms with E-state index in [0.29, 0.717) is 27.0 Å². The quantitative estimate of drug-likeness (QED) is 0.866. The van der Waals surface area contributed by atoms with Crippen molar-refractivity contribution in [3.05, 3.63) is 50.5 Å². The molecule has 0 atom stereocenters. The summed E-state index contributed by atoms with van der Waals surface area (Å²) in [7, 11) is 1.55. The van der Waals surface area contributed by atoms with E-state index in [2.05, 4.69) is 12.1 Å². The van der Waals surface area contributed by atoms with Gasteiger partial charge in [-0.2, -0.15) is 10.5 Å². The third-order valence-electron chi connectivity index (χ3n) is 3.27. The van der Waals surface area contributed by atoms with Crippen molar-refractivity contribution in [1.82, 2.24) is 0 Å². The van der Waals surface area contributed by atoms with E-state index in [0.717, 1.165) is 22.9 Å². The molecule has 0 fully saturated rings. The Morgan fingerprint density at radius 3 is 2.19 bits per heavy atom. The van der Waals surface area contributed by atoms with E-state index in [1.165, 1.54) is 0 Å². The molecule has 0 aliphatic carbocycles. The van der Waals surface area contributed by atoms with Crippen LogP contribution in [0.5, 0.6) is 5.75 Å². The minimum Gasteiger partial charge on any atom is -0.496 e. The molecule has 0 spiro atoms. The lowest BCUT2D eigenvalue weighted by atomic mass is 9.84. The summed E-state index contributed by atoms with van der Waals surface area (Å²) in [5.74, 6) is 0.00898. The second-order valence-electron chi connectivity index (χ2n) is 4.56. The maximum atomic E-state index is 9.41. The molecular formula is C15H14N4OS. The van der Waals surface area contributed by atoms with Crippen molar-refractivity contribution in [2.24, 2.45) is 11.5 Å². The van der Waals surface area contributed by atoms with E-state index in [9.17, 15) is 10.5 Å². The molecule has 0 radical (unpaired) electrons. The lowest BCUT2D eigenvalue weighted by Crippen LogP contribution is -2.19. The molecule has 1 aliphatic rings. The van der Waals surface area contributed by atoms with Gasteiger partial charge in [0.1, 0.15) is 5.75 Å². The normalized spacial score (nSPS) is 15.6. The number of nitrogens with zero attached hydrogens (tertiary/aromatic N) is 2. The molecule has 1 aliphatic heterocycles. The zero-order valence-corrected chi connectivity index (χ0v) is 12.5. The minimum absolute atomic E-state index is 0.322. The van der Waals surface area contributed by atoms with Crippen LogP contribution in [0.2, 0.25) is 0 Å². The molecule has 4 N–H and O–H groups in total. The van der Waals surface area contributed by atoms with Crippen molar-refractivity contribution in [3.63, 3.8) is 0 Å². The fourth-order valence-electron chi connectivity index (χ4n) is 2.29. The van der Waals surface area contributed by atoms with Crippen molar-refractivity contribution in [3.8, 4) is 17.9 Å². The van der Waals surface area contributed by atoms with Crippen LogP contribution < -0.4 is 16.2 Å². The van der Waals surface area contributed by atoms with Crippen LogP contribution in [0.25, 0.3) is 0 Å². The Morgan fingerprint density at radius 2 is 1.71 bits per heavy atom. The number of benzene rings is 1. The molecule has 1 aromatic carbocycles. The average molecular weight is 298 g/mol. The van der Waals surface area contributed by atoms with E-state index in [1.54, 1.807) is 7.11 Å². The number of allylic oxidation sites excluding steroid dienone is 2. The minimum atomic E-state index is -0.587. The summed E-state index contributed by atoms with van der Waals surface area (Å²) in [6.07, 6.45) is 0. The van der Waals surface area contributed by atoms with Gasteiger partial charge in [-0.05, 0) is 13.0 Å². The lowest BCUT2D eigenvalue weighted by molar-refractivity contribution is 0.409. The van der Waals surface area contributed by atoms with Gasteiger partial charge in [-0.1, -0.05) is 29.5 Å². The summed E-state index contributed by atoms with van der Waals surface area (Å²) in [5.41, 5.74) is 14.2. The Bertz CT molecular complexity index is 701. The van der Waals surface area contributed by atoms with Crippen LogP contribution in [-0.2, 0) is 0 Å². The van der Waals surface area contributed by atoms with E-state index in [1.807, 2.05) is 25.1 Å². The zero-order chi connectivity index (χ0) is 15.6. The zero-order valence-electron chi connectivity index (χ0n) is 11.7. The van der Waals surface area contributed by atoms with Crippen LogP contribution in [0.3, 0.4) is 0 Å². The summed E-state index contributed by atoms with van der Waals surface area (Å²) in [6.45, 7) is 1.93. The number of hydrogen-bond acceptors (Lipinski definition) is 6. The van der Waals surface area contributed by atoms with Crippen LogP contribution in [0.15, 0.2) is 39.4 Å². The summed E-state index contributed by atoms with van der Waals surface area (Å²) < 4.78 is 5.36. The fourth-order valence-corrected chi connectivity index (χ4v) is 3.07. The maximum Gasteiger partial charge on any atom is 0.123 e. The number of nitrogens with two attached hydrogens (primary N) is 2. The van der Waals surface area contributed by atoms with Gasteiger partial charge in [-0.3, -0.25) is 0 Å². The lowest BCUT2D eigenvalue weighted by Gasteiger charge is -2.25. The molecule has 0 aromatic heterocycles. The van der Waals surface area contributed by atoms with E-state index >= 15 is 0 Å². The molecule has 1 heterocycles. The molecule has 2 rings (SSSR count). The van der Waals surface area contributed by atoms with Crippen LogP contribution in [0, 0.1) is 29.6 Å². The molecule has 0 amide bonds. The smallest absolute Gasteiger partial charge is 0.123 e. The Balaban J connectivity index is 2.74. The third-order valence-corrected chi connectivity index (χ3v) is 4.14. The molecule has 0 saturated carbocycles. The largest absolute Gasteiger partial charge is 0.496 e. The first-order valence-corrected chi connectivity index (χ1v) is 6.97. The van der Waals surface area contributed by atoms with E-state index in [4.69, 9.17) is 16.2 Å². The Hall–Kier alpha value is -2.57. The number of ether oxygens (including phenoxy) is 1. The van der Waals surface area contributed by atoms with Crippen molar-refractivity contribution in [2.75, 3.05) is 7.11 Å². The van der Waals surface area contributed by atoms with Gasteiger partial charge in [0.05, 0.1) is 46.4 Å². The van der Waals surface area contributed by atoms with Gasteiger partial charge in [0.15, 0.2) is 0 Å². The van der Waals surface area contributed by atoms with Crippen molar-refractivity contribution in [1.29, 1.82) is 10.5 Å². The molecule has 1 aromatic rings. The highest BCUT2D eigenvalue weighted by Crippen LogP contribution is 2.45. The SMILES string of the molecule is COc1ccc(C)cc1C1C(C#N)=C(N)SC(N)=C1C#N.